The van der Waals surface area contributed by atoms with Gasteiger partial charge in [0.25, 0.3) is 0 Å². The van der Waals surface area contributed by atoms with E-state index in [4.69, 9.17) is 15.2 Å². The van der Waals surface area contributed by atoms with Crippen molar-refractivity contribution in [3.05, 3.63) is 23.8 Å². The molecule has 0 aromatic heterocycles. The van der Waals surface area contributed by atoms with Gasteiger partial charge in [-0.1, -0.05) is 155 Å². The normalized spacial score (nSPS) is 11.1. The van der Waals surface area contributed by atoms with Crippen LogP contribution in [0.3, 0.4) is 0 Å². The van der Waals surface area contributed by atoms with Crippen LogP contribution in [-0.2, 0) is 0 Å². The van der Waals surface area contributed by atoms with Gasteiger partial charge < -0.3 is 15.2 Å². The lowest BCUT2D eigenvalue weighted by Crippen LogP contribution is -2.11. The second-order valence-corrected chi connectivity index (χ2v) is 11.5. The van der Waals surface area contributed by atoms with Gasteiger partial charge in [0.2, 0.25) is 5.91 Å². The quantitative estimate of drug-likeness (QED) is 0.102. The van der Waals surface area contributed by atoms with Gasteiger partial charge in [-0.15, -0.1) is 0 Å². The third-order valence-corrected chi connectivity index (χ3v) is 7.74. The molecule has 0 aliphatic carbocycles. The van der Waals surface area contributed by atoms with Crippen molar-refractivity contribution in [3.63, 3.8) is 0 Å². The average molecular weight is 546 g/mol. The fourth-order valence-electron chi connectivity index (χ4n) is 5.14. The third-order valence-electron chi connectivity index (χ3n) is 7.74. The van der Waals surface area contributed by atoms with E-state index >= 15 is 0 Å². The summed E-state index contributed by atoms with van der Waals surface area (Å²) < 4.78 is 12.1. The van der Waals surface area contributed by atoms with Crippen LogP contribution in [-0.4, -0.2) is 19.1 Å². The van der Waals surface area contributed by atoms with E-state index in [1.165, 1.54) is 141 Å². The molecule has 226 valence electrons. The fraction of sp³-hybridized carbons (Fsp3) is 0.800. The summed E-state index contributed by atoms with van der Waals surface area (Å²) in [6.07, 6.45) is 31.8. The molecule has 0 aliphatic rings. The molecule has 0 heterocycles. The minimum Gasteiger partial charge on any atom is -0.490 e. The zero-order chi connectivity index (χ0) is 28.2. The highest BCUT2D eigenvalue weighted by Crippen LogP contribution is 2.29. The van der Waals surface area contributed by atoms with Gasteiger partial charge >= 0.3 is 0 Å². The van der Waals surface area contributed by atoms with E-state index < -0.39 is 5.91 Å². The molecule has 0 atom stereocenters. The number of nitrogens with two attached hydrogens (primary N) is 1. The van der Waals surface area contributed by atoms with Crippen molar-refractivity contribution in [2.75, 3.05) is 13.2 Å². The summed E-state index contributed by atoms with van der Waals surface area (Å²) in [4.78, 5) is 11.7. The minimum absolute atomic E-state index is 0.433. The summed E-state index contributed by atoms with van der Waals surface area (Å²) in [5.41, 5.74) is 5.97. The van der Waals surface area contributed by atoms with Gasteiger partial charge in [0.05, 0.1) is 13.2 Å². The molecule has 4 nitrogen and oxygen atoms in total. The fourth-order valence-corrected chi connectivity index (χ4v) is 5.14. The molecule has 1 aromatic rings. The number of benzene rings is 1. The largest absolute Gasteiger partial charge is 0.490 e. The Hall–Kier alpha value is -1.71. The monoisotopic (exact) mass is 545 g/mol. The molecule has 0 fully saturated rings. The van der Waals surface area contributed by atoms with Gasteiger partial charge in [0, 0.05) is 5.56 Å². The van der Waals surface area contributed by atoms with Crippen molar-refractivity contribution >= 4 is 5.91 Å². The summed E-state index contributed by atoms with van der Waals surface area (Å²) in [6, 6.07) is 5.30. The molecule has 1 rings (SSSR count). The Morgan fingerprint density at radius 2 is 0.846 bits per heavy atom. The Labute approximate surface area is 242 Å². The molecular formula is C35H63NO3. The molecule has 0 radical (unpaired) electrons. The molecule has 0 saturated heterocycles. The molecule has 0 aliphatic heterocycles. The van der Waals surface area contributed by atoms with Gasteiger partial charge in [-0.25, -0.2) is 0 Å². The van der Waals surface area contributed by atoms with Gasteiger partial charge in [0.1, 0.15) is 0 Å². The van der Waals surface area contributed by atoms with E-state index in [-0.39, 0.29) is 0 Å². The van der Waals surface area contributed by atoms with E-state index in [9.17, 15) is 4.79 Å². The number of ether oxygens (including phenoxy) is 2. The maximum absolute atomic E-state index is 11.7. The van der Waals surface area contributed by atoms with Crippen molar-refractivity contribution < 1.29 is 14.3 Å². The predicted octanol–water partition coefficient (Wildman–Crippen LogP) is 10.9. The number of rotatable bonds is 29. The van der Waals surface area contributed by atoms with E-state index in [0.29, 0.717) is 24.5 Å². The summed E-state index contributed by atoms with van der Waals surface area (Å²) in [7, 11) is 0. The first-order chi connectivity index (χ1) is 19.2. The van der Waals surface area contributed by atoms with E-state index in [1.54, 1.807) is 12.1 Å². The number of primary amides is 1. The van der Waals surface area contributed by atoms with Crippen LogP contribution in [0.25, 0.3) is 0 Å². The number of hydrogen-bond acceptors (Lipinski definition) is 3. The van der Waals surface area contributed by atoms with Crippen molar-refractivity contribution in [1.29, 1.82) is 0 Å². The topological polar surface area (TPSA) is 61.5 Å². The molecular weight excluding hydrogens is 482 g/mol. The Morgan fingerprint density at radius 1 is 0.513 bits per heavy atom. The van der Waals surface area contributed by atoms with Gasteiger partial charge in [0.15, 0.2) is 11.5 Å². The third kappa shape index (κ3) is 20.8. The highest BCUT2D eigenvalue weighted by molar-refractivity contribution is 5.93. The van der Waals surface area contributed by atoms with Crippen molar-refractivity contribution in [3.8, 4) is 11.5 Å². The highest BCUT2D eigenvalue weighted by atomic mass is 16.5. The highest BCUT2D eigenvalue weighted by Gasteiger charge is 2.10. The van der Waals surface area contributed by atoms with Gasteiger partial charge in [-0.05, 0) is 31.0 Å². The van der Waals surface area contributed by atoms with Crippen LogP contribution >= 0.6 is 0 Å². The van der Waals surface area contributed by atoms with Crippen LogP contribution in [0.2, 0.25) is 0 Å². The predicted molar refractivity (Wildman–Crippen MR) is 168 cm³/mol. The second kappa shape index (κ2) is 26.5. The van der Waals surface area contributed by atoms with Gasteiger partial charge in [-0.2, -0.15) is 0 Å². The maximum Gasteiger partial charge on any atom is 0.248 e. The first-order valence-electron chi connectivity index (χ1n) is 16.9. The first kappa shape index (κ1) is 35.3. The summed E-state index contributed by atoms with van der Waals surface area (Å²) in [6.45, 7) is 5.88. The van der Waals surface area contributed by atoms with Crippen LogP contribution < -0.4 is 15.2 Å². The van der Waals surface area contributed by atoms with Crippen LogP contribution in [0.1, 0.15) is 178 Å². The summed E-state index contributed by atoms with van der Waals surface area (Å²) >= 11 is 0. The lowest BCUT2D eigenvalue weighted by Gasteiger charge is -2.14. The number of hydrogen-bond donors (Lipinski definition) is 1. The van der Waals surface area contributed by atoms with Crippen LogP contribution in [0.4, 0.5) is 0 Å². The molecule has 2 N–H and O–H groups in total. The van der Waals surface area contributed by atoms with Crippen LogP contribution in [0.5, 0.6) is 11.5 Å². The number of carbonyl (C=O) groups excluding carboxylic acids is 1. The van der Waals surface area contributed by atoms with Crippen molar-refractivity contribution in [2.24, 2.45) is 5.73 Å². The lowest BCUT2D eigenvalue weighted by molar-refractivity contribution is 0.0999. The van der Waals surface area contributed by atoms with Gasteiger partial charge in [-0.3, -0.25) is 4.79 Å². The molecule has 0 spiro atoms. The number of unbranched alkanes of at least 4 members (excludes halogenated alkanes) is 22. The molecule has 1 aromatic carbocycles. The minimum atomic E-state index is -0.433. The van der Waals surface area contributed by atoms with Crippen LogP contribution in [0.15, 0.2) is 18.2 Å². The van der Waals surface area contributed by atoms with E-state index in [0.717, 1.165) is 18.6 Å². The molecule has 1 amide bonds. The van der Waals surface area contributed by atoms with E-state index in [2.05, 4.69) is 13.8 Å². The Bertz CT molecular complexity index is 690. The Balaban J connectivity index is 2.14. The molecule has 0 bridgehead atoms. The van der Waals surface area contributed by atoms with Crippen LogP contribution in [0, 0.1) is 0 Å². The SMILES string of the molecule is CCCCCCCCCCCCCCOc1ccc(C(N)=O)cc1OCCCCCCCCCCCCCC. The van der Waals surface area contributed by atoms with E-state index in [1.807, 2.05) is 6.07 Å². The zero-order valence-corrected chi connectivity index (χ0v) is 25.9. The molecule has 39 heavy (non-hydrogen) atoms. The zero-order valence-electron chi connectivity index (χ0n) is 25.9. The summed E-state index contributed by atoms with van der Waals surface area (Å²) in [5, 5.41) is 0. The Morgan fingerprint density at radius 3 is 1.21 bits per heavy atom. The lowest BCUT2D eigenvalue weighted by atomic mass is 10.1. The number of carbonyl (C=O) groups is 1. The standard InChI is InChI=1S/C35H63NO3/c1-3-5-7-9-11-13-15-17-19-21-23-25-29-38-33-28-27-32(35(36)37)31-34(33)39-30-26-24-22-20-18-16-14-12-10-8-6-4-2/h27-28,31H,3-26,29-30H2,1-2H3,(H2,36,37). The first-order valence-corrected chi connectivity index (χ1v) is 16.9. The summed E-state index contributed by atoms with van der Waals surface area (Å²) in [5.74, 6) is 0.938. The molecule has 0 saturated carbocycles. The van der Waals surface area contributed by atoms with Crippen molar-refractivity contribution in [1.82, 2.24) is 0 Å². The molecule has 0 unspecified atom stereocenters. The van der Waals surface area contributed by atoms with Crippen molar-refractivity contribution in [2.45, 2.75) is 168 Å². The maximum atomic E-state index is 11.7. The second-order valence-electron chi connectivity index (χ2n) is 11.5. The molecule has 4 heteroatoms. The number of amides is 1. The average Bonchev–Trinajstić information content (AvgIpc) is 2.94. The Kier molecular flexibility index (Phi) is 24.0. The smallest absolute Gasteiger partial charge is 0.248 e.